The molecule has 1 fully saturated rings. The predicted octanol–water partition coefficient (Wildman–Crippen LogP) is 3.56. The quantitative estimate of drug-likeness (QED) is 0.782. The van der Waals surface area contributed by atoms with Crippen LogP contribution in [-0.4, -0.2) is 22.5 Å². The standard InChI is InChI=1S/C13H17BrF3N3O/c14-10-7-19-20(8-9-3-1-4-9)12(21)11(10)18-6-2-5-13(15,16)17/h7,9,18H,1-6,8H2. The zero-order valence-electron chi connectivity index (χ0n) is 11.4. The summed E-state index contributed by atoms with van der Waals surface area (Å²) in [6.45, 7) is 0.671. The number of nitrogens with one attached hydrogen (secondary N) is 1. The largest absolute Gasteiger partial charge is 0.389 e. The molecule has 1 saturated carbocycles. The first kappa shape index (κ1) is 16.3. The van der Waals surface area contributed by atoms with Crippen molar-refractivity contribution < 1.29 is 13.2 Å². The first-order valence-corrected chi connectivity index (χ1v) is 7.72. The smallest absolute Gasteiger partial charge is 0.380 e. The Bertz CT molecular complexity index is 540. The van der Waals surface area contributed by atoms with Crippen LogP contribution in [-0.2, 0) is 6.54 Å². The molecule has 21 heavy (non-hydrogen) atoms. The SMILES string of the molecule is O=c1c(NCCCC(F)(F)F)c(Br)cnn1CC1CCC1. The summed E-state index contributed by atoms with van der Waals surface area (Å²) in [5, 5.41) is 6.85. The van der Waals surface area contributed by atoms with Gasteiger partial charge in [0, 0.05) is 19.5 Å². The minimum Gasteiger partial charge on any atom is -0.380 e. The van der Waals surface area contributed by atoms with Crippen molar-refractivity contribution in [3.05, 3.63) is 21.0 Å². The molecule has 118 valence electrons. The number of hydrogen-bond donors (Lipinski definition) is 1. The molecule has 1 aliphatic rings. The van der Waals surface area contributed by atoms with E-state index in [-0.39, 0.29) is 24.2 Å². The fourth-order valence-electron chi connectivity index (χ4n) is 2.18. The highest BCUT2D eigenvalue weighted by molar-refractivity contribution is 9.10. The maximum atomic E-state index is 12.2. The van der Waals surface area contributed by atoms with Gasteiger partial charge in [0.05, 0.1) is 10.7 Å². The molecule has 0 aromatic carbocycles. The van der Waals surface area contributed by atoms with Crippen molar-refractivity contribution in [3.63, 3.8) is 0 Å². The van der Waals surface area contributed by atoms with Crippen molar-refractivity contribution in [2.75, 3.05) is 11.9 Å². The van der Waals surface area contributed by atoms with Gasteiger partial charge in [0.1, 0.15) is 5.69 Å². The second-order valence-corrected chi connectivity index (χ2v) is 6.15. The Hall–Kier alpha value is -1.05. The Morgan fingerprint density at radius 3 is 2.71 bits per heavy atom. The third kappa shape index (κ3) is 4.72. The van der Waals surface area contributed by atoms with Gasteiger partial charge in [0.2, 0.25) is 0 Å². The number of aromatic nitrogens is 2. The molecule has 0 unspecified atom stereocenters. The third-order valence-corrected chi connectivity index (χ3v) is 4.19. The summed E-state index contributed by atoms with van der Waals surface area (Å²) < 4.78 is 38.1. The van der Waals surface area contributed by atoms with Crippen LogP contribution in [0, 0.1) is 5.92 Å². The van der Waals surface area contributed by atoms with Gasteiger partial charge in [-0.2, -0.15) is 18.3 Å². The lowest BCUT2D eigenvalue weighted by Gasteiger charge is -2.25. The van der Waals surface area contributed by atoms with E-state index in [1.165, 1.54) is 17.3 Å². The fourth-order valence-corrected chi connectivity index (χ4v) is 2.58. The Morgan fingerprint density at radius 1 is 1.43 bits per heavy atom. The van der Waals surface area contributed by atoms with E-state index in [1.54, 1.807) is 0 Å². The minimum atomic E-state index is -4.17. The zero-order valence-corrected chi connectivity index (χ0v) is 13.0. The van der Waals surface area contributed by atoms with Crippen molar-refractivity contribution in [2.24, 2.45) is 5.92 Å². The molecule has 1 N–H and O–H groups in total. The number of alkyl halides is 3. The third-order valence-electron chi connectivity index (χ3n) is 3.59. The first-order chi connectivity index (χ1) is 9.87. The first-order valence-electron chi connectivity index (χ1n) is 6.93. The Balaban J connectivity index is 1.97. The molecule has 1 aromatic heterocycles. The van der Waals surface area contributed by atoms with Gasteiger partial charge in [0.25, 0.3) is 5.56 Å². The topological polar surface area (TPSA) is 46.9 Å². The molecule has 2 rings (SSSR count). The van der Waals surface area contributed by atoms with Gasteiger partial charge in [-0.3, -0.25) is 4.79 Å². The molecule has 0 radical (unpaired) electrons. The molecule has 1 heterocycles. The van der Waals surface area contributed by atoms with Gasteiger partial charge < -0.3 is 5.32 Å². The molecule has 0 spiro atoms. The van der Waals surface area contributed by atoms with Crippen molar-refractivity contribution in [2.45, 2.75) is 44.8 Å². The Kier molecular flexibility index (Phi) is 5.29. The van der Waals surface area contributed by atoms with Crippen molar-refractivity contribution in [3.8, 4) is 0 Å². The second-order valence-electron chi connectivity index (χ2n) is 5.30. The Morgan fingerprint density at radius 2 is 2.14 bits per heavy atom. The fraction of sp³-hybridized carbons (Fsp3) is 0.692. The van der Waals surface area contributed by atoms with Crippen LogP contribution >= 0.6 is 15.9 Å². The van der Waals surface area contributed by atoms with E-state index >= 15 is 0 Å². The van der Waals surface area contributed by atoms with E-state index in [2.05, 4.69) is 26.3 Å². The van der Waals surface area contributed by atoms with Gasteiger partial charge in [0.15, 0.2) is 0 Å². The molecule has 0 saturated heterocycles. The molecular weight excluding hydrogens is 351 g/mol. The van der Waals surface area contributed by atoms with Crippen LogP contribution < -0.4 is 10.9 Å². The van der Waals surface area contributed by atoms with E-state index in [0.717, 1.165) is 12.8 Å². The molecule has 1 aliphatic carbocycles. The lowest BCUT2D eigenvalue weighted by molar-refractivity contribution is -0.134. The number of halogens is 4. The van der Waals surface area contributed by atoms with E-state index in [0.29, 0.717) is 16.9 Å². The summed E-state index contributed by atoms with van der Waals surface area (Å²) in [5.74, 6) is 0.481. The summed E-state index contributed by atoms with van der Waals surface area (Å²) in [7, 11) is 0. The summed E-state index contributed by atoms with van der Waals surface area (Å²) in [6, 6.07) is 0. The van der Waals surface area contributed by atoms with Crippen molar-refractivity contribution in [1.29, 1.82) is 0 Å². The molecule has 8 heteroatoms. The minimum absolute atomic E-state index is 0.0691. The van der Waals surface area contributed by atoms with Crippen LogP contribution in [0.3, 0.4) is 0 Å². The summed E-state index contributed by atoms with van der Waals surface area (Å²) in [6.07, 6.45) is -0.220. The summed E-state index contributed by atoms with van der Waals surface area (Å²) in [4.78, 5) is 12.2. The Labute approximate surface area is 128 Å². The van der Waals surface area contributed by atoms with Crippen LogP contribution in [0.1, 0.15) is 32.1 Å². The lowest BCUT2D eigenvalue weighted by Crippen LogP contribution is -2.31. The number of rotatable bonds is 6. The van der Waals surface area contributed by atoms with Gasteiger partial charge >= 0.3 is 6.18 Å². The number of anilines is 1. The highest BCUT2D eigenvalue weighted by atomic mass is 79.9. The maximum absolute atomic E-state index is 12.2. The number of hydrogen-bond acceptors (Lipinski definition) is 3. The maximum Gasteiger partial charge on any atom is 0.389 e. The van der Waals surface area contributed by atoms with E-state index in [9.17, 15) is 18.0 Å². The van der Waals surface area contributed by atoms with Crippen LogP contribution in [0.25, 0.3) is 0 Å². The van der Waals surface area contributed by atoms with E-state index in [4.69, 9.17) is 0 Å². The molecule has 0 atom stereocenters. The normalized spacial score (nSPS) is 15.8. The monoisotopic (exact) mass is 367 g/mol. The van der Waals surface area contributed by atoms with Crippen molar-refractivity contribution in [1.82, 2.24) is 9.78 Å². The second kappa shape index (κ2) is 6.81. The molecule has 4 nitrogen and oxygen atoms in total. The zero-order chi connectivity index (χ0) is 15.5. The van der Waals surface area contributed by atoms with Crippen LogP contribution in [0.15, 0.2) is 15.5 Å². The average molecular weight is 368 g/mol. The highest BCUT2D eigenvalue weighted by Gasteiger charge is 2.26. The van der Waals surface area contributed by atoms with E-state index < -0.39 is 12.6 Å². The molecule has 0 amide bonds. The average Bonchev–Trinajstić information content (AvgIpc) is 2.33. The van der Waals surface area contributed by atoms with Gasteiger partial charge in [-0.25, -0.2) is 4.68 Å². The van der Waals surface area contributed by atoms with Crippen LogP contribution in [0.4, 0.5) is 18.9 Å². The molecule has 1 aromatic rings. The van der Waals surface area contributed by atoms with Crippen LogP contribution in [0.2, 0.25) is 0 Å². The summed E-state index contributed by atoms with van der Waals surface area (Å²) >= 11 is 3.21. The number of nitrogens with zero attached hydrogens (tertiary/aromatic N) is 2. The highest BCUT2D eigenvalue weighted by Crippen LogP contribution is 2.27. The molecular formula is C13H17BrF3N3O. The van der Waals surface area contributed by atoms with Crippen LogP contribution in [0.5, 0.6) is 0 Å². The lowest BCUT2D eigenvalue weighted by atomic mass is 9.85. The van der Waals surface area contributed by atoms with Gasteiger partial charge in [-0.15, -0.1) is 0 Å². The molecule has 0 aliphatic heterocycles. The predicted molar refractivity (Wildman–Crippen MR) is 77.3 cm³/mol. The van der Waals surface area contributed by atoms with Gasteiger partial charge in [-0.1, -0.05) is 6.42 Å². The van der Waals surface area contributed by atoms with Gasteiger partial charge in [-0.05, 0) is 41.1 Å². The summed E-state index contributed by atoms with van der Waals surface area (Å²) in [5.41, 5.74) is -0.00483. The van der Waals surface area contributed by atoms with E-state index in [1.807, 2.05) is 0 Å². The molecule has 0 bridgehead atoms. The van der Waals surface area contributed by atoms with Crippen molar-refractivity contribution >= 4 is 21.6 Å².